The van der Waals surface area contributed by atoms with E-state index in [0.29, 0.717) is 61.6 Å². The highest BCUT2D eigenvalue weighted by Gasteiger charge is 2.30. The summed E-state index contributed by atoms with van der Waals surface area (Å²) in [6, 6.07) is 12.2. The molecule has 4 rings (SSSR count). The molecule has 1 unspecified atom stereocenters. The molecule has 0 spiro atoms. The number of ether oxygens (including phenoxy) is 2. The minimum absolute atomic E-state index is 0.136. The predicted octanol–water partition coefficient (Wildman–Crippen LogP) is 4.44. The van der Waals surface area contributed by atoms with Crippen molar-refractivity contribution in [1.29, 1.82) is 0 Å². The third-order valence-corrected chi connectivity index (χ3v) is 7.19. The van der Waals surface area contributed by atoms with Crippen molar-refractivity contribution in [2.24, 2.45) is 7.05 Å². The molecular formula is C28H31F3N3O5S-. The Morgan fingerprint density at radius 2 is 1.75 bits per heavy atom. The molecule has 0 amide bonds. The number of anilines is 1. The zero-order chi connectivity index (χ0) is 28.9. The molecule has 12 heteroatoms. The van der Waals surface area contributed by atoms with Crippen LogP contribution >= 0.6 is 0 Å². The van der Waals surface area contributed by atoms with Crippen molar-refractivity contribution < 1.29 is 31.4 Å². The Morgan fingerprint density at radius 1 is 1.05 bits per heavy atom. The zero-order valence-corrected chi connectivity index (χ0v) is 23.0. The molecule has 2 heterocycles. The maximum atomic E-state index is 12.9. The van der Waals surface area contributed by atoms with E-state index in [1.165, 1.54) is 22.8 Å². The highest BCUT2D eigenvalue weighted by Crippen LogP contribution is 2.38. The summed E-state index contributed by atoms with van der Waals surface area (Å²) in [7, 11) is 1.65. The molecule has 1 saturated heterocycles. The van der Waals surface area contributed by atoms with Gasteiger partial charge in [0.1, 0.15) is 17.6 Å². The normalized spacial score (nSPS) is 15.2. The first-order valence-electron chi connectivity index (χ1n) is 12.9. The molecule has 1 aliphatic rings. The molecule has 8 nitrogen and oxygen atoms in total. The maximum absolute atomic E-state index is 12.9. The lowest BCUT2D eigenvalue weighted by atomic mass is 10.00. The third-order valence-electron chi connectivity index (χ3n) is 6.75. The van der Waals surface area contributed by atoms with Gasteiger partial charge in [-0.2, -0.15) is 13.2 Å². The number of alkyl halides is 3. The fourth-order valence-corrected chi connectivity index (χ4v) is 4.96. The smallest absolute Gasteiger partial charge is 0.416 e. The van der Waals surface area contributed by atoms with E-state index in [1.807, 2.05) is 30.0 Å². The van der Waals surface area contributed by atoms with E-state index in [9.17, 15) is 26.7 Å². The molecule has 0 bridgehead atoms. The Morgan fingerprint density at radius 3 is 2.38 bits per heavy atom. The minimum atomic E-state index is -4.37. The van der Waals surface area contributed by atoms with Crippen LogP contribution in [0.25, 0.3) is 11.1 Å². The molecule has 0 saturated carbocycles. The average molecular weight is 579 g/mol. The van der Waals surface area contributed by atoms with Crippen molar-refractivity contribution in [2.75, 3.05) is 31.1 Å². The van der Waals surface area contributed by atoms with Crippen LogP contribution in [0, 0.1) is 0 Å². The second-order valence-corrected chi connectivity index (χ2v) is 10.3. The van der Waals surface area contributed by atoms with Gasteiger partial charge in [0.25, 0.3) is 5.56 Å². The van der Waals surface area contributed by atoms with E-state index in [-0.39, 0.29) is 18.2 Å². The van der Waals surface area contributed by atoms with E-state index in [2.05, 4.69) is 4.72 Å². The molecule has 1 atom stereocenters. The van der Waals surface area contributed by atoms with Gasteiger partial charge in [-0.3, -0.25) is 9.00 Å². The number of nitrogens with zero attached hydrogens (tertiary/aromatic N) is 2. The summed E-state index contributed by atoms with van der Waals surface area (Å²) in [6.45, 7) is 3.65. The van der Waals surface area contributed by atoms with Crippen molar-refractivity contribution in [3.05, 3.63) is 76.2 Å². The number of nitrogens with one attached hydrogen (secondary N) is 1. The largest absolute Gasteiger partial charge is 0.760 e. The first-order chi connectivity index (χ1) is 19.0. The second kappa shape index (κ2) is 12.9. The van der Waals surface area contributed by atoms with Gasteiger partial charge in [-0.15, -0.1) is 0 Å². The van der Waals surface area contributed by atoms with Crippen molar-refractivity contribution in [2.45, 2.75) is 38.5 Å². The molecule has 3 aromatic rings. The Balaban J connectivity index is 1.55. The molecule has 1 aliphatic heterocycles. The summed E-state index contributed by atoms with van der Waals surface area (Å²) < 4.78 is 76.6. The van der Waals surface area contributed by atoms with Crippen LogP contribution in [0.15, 0.2) is 59.5 Å². The van der Waals surface area contributed by atoms with E-state index >= 15 is 0 Å². The summed E-state index contributed by atoms with van der Waals surface area (Å²) in [4.78, 5) is 14.4. The summed E-state index contributed by atoms with van der Waals surface area (Å²) in [6.07, 6.45) is -1.05. The number of halogens is 3. The van der Waals surface area contributed by atoms with Crippen molar-refractivity contribution >= 4 is 17.0 Å². The first kappa shape index (κ1) is 29.6. The molecular weight excluding hydrogens is 547 g/mol. The first-order valence-corrected chi connectivity index (χ1v) is 14.0. The fraction of sp³-hybridized carbons (Fsp3) is 0.393. The molecule has 1 N–H and O–H groups in total. The van der Waals surface area contributed by atoms with Crippen LogP contribution in [0.4, 0.5) is 18.9 Å². The number of aryl methyl sites for hydroxylation is 1. The lowest BCUT2D eigenvalue weighted by Gasteiger charge is -2.34. The molecule has 1 aromatic heterocycles. The quantitative estimate of drug-likeness (QED) is 0.358. The maximum Gasteiger partial charge on any atom is 0.416 e. The Kier molecular flexibility index (Phi) is 9.54. The van der Waals surface area contributed by atoms with Crippen LogP contribution < -0.4 is 24.7 Å². The second-order valence-electron chi connectivity index (χ2n) is 9.49. The van der Waals surface area contributed by atoms with Gasteiger partial charge < -0.3 is 23.5 Å². The summed E-state index contributed by atoms with van der Waals surface area (Å²) in [5, 5.41) is 0. The molecule has 216 valence electrons. The van der Waals surface area contributed by atoms with Crippen molar-refractivity contribution in [3.63, 3.8) is 0 Å². The topological polar surface area (TPSA) is 95.9 Å². The predicted molar refractivity (Wildman–Crippen MR) is 146 cm³/mol. The van der Waals surface area contributed by atoms with Gasteiger partial charge in [-0.25, -0.2) is 4.72 Å². The summed E-state index contributed by atoms with van der Waals surface area (Å²) >= 11 is -2.36. The highest BCUT2D eigenvalue weighted by atomic mass is 32.2. The molecule has 2 aromatic carbocycles. The summed E-state index contributed by atoms with van der Waals surface area (Å²) in [5.74, 6) is 1.01. The fourth-order valence-electron chi connectivity index (χ4n) is 4.69. The van der Waals surface area contributed by atoms with Crippen LogP contribution in [-0.2, 0) is 30.9 Å². The van der Waals surface area contributed by atoms with E-state index < -0.39 is 23.0 Å². The van der Waals surface area contributed by atoms with Crippen molar-refractivity contribution in [1.82, 2.24) is 9.29 Å². The molecule has 1 fully saturated rings. The SMILES string of the molecule is CCOc1cc(=O)n(C)cc1-c1cc(CCNS(=O)[O-])ccc1OC1CCN(c2ccc(C(F)(F)F)cc2)CC1. The van der Waals surface area contributed by atoms with Gasteiger partial charge in [-0.1, -0.05) is 6.07 Å². The van der Waals surface area contributed by atoms with Gasteiger partial charge in [0.2, 0.25) is 0 Å². The van der Waals surface area contributed by atoms with Crippen LogP contribution in [0.1, 0.15) is 30.9 Å². The lowest BCUT2D eigenvalue weighted by molar-refractivity contribution is -0.137. The number of pyridine rings is 1. The van der Waals surface area contributed by atoms with Crippen LogP contribution in [-0.4, -0.2) is 45.7 Å². The minimum Gasteiger partial charge on any atom is -0.760 e. The molecule has 0 radical (unpaired) electrons. The van der Waals surface area contributed by atoms with Gasteiger partial charge in [-0.05, 0) is 55.3 Å². The number of hydrogen-bond acceptors (Lipinski definition) is 6. The molecule has 0 aliphatic carbocycles. The molecule has 40 heavy (non-hydrogen) atoms. The number of benzene rings is 2. The highest BCUT2D eigenvalue weighted by molar-refractivity contribution is 7.77. The van der Waals surface area contributed by atoms with Crippen LogP contribution in [0.2, 0.25) is 0 Å². The zero-order valence-electron chi connectivity index (χ0n) is 22.2. The Labute approximate surface area is 233 Å². The Hall–Kier alpha value is -3.35. The standard InChI is InChI=1S/C28H32F3N3O5S/c1-3-38-26-17-27(35)33(2)18-24(26)23-16-19(10-13-32-40(36)37)4-9-25(23)39-22-11-14-34(15-12-22)21-7-5-20(6-8-21)28(29,30)31/h4-9,16-18,22,32H,3,10-15H2,1-2H3,(H,36,37)/p-1. The van der Waals surface area contributed by atoms with Gasteiger partial charge in [0.05, 0.1) is 12.2 Å². The van der Waals surface area contributed by atoms with E-state index in [1.54, 1.807) is 13.2 Å². The van der Waals surface area contributed by atoms with Gasteiger partial charge in [0, 0.05) is 79.9 Å². The number of aromatic nitrogens is 1. The van der Waals surface area contributed by atoms with E-state index in [0.717, 1.165) is 23.4 Å². The van der Waals surface area contributed by atoms with Crippen LogP contribution in [0.3, 0.4) is 0 Å². The third kappa shape index (κ3) is 7.43. The van der Waals surface area contributed by atoms with Crippen LogP contribution in [0.5, 0.6) is 11.5 Å². The number of rotatable bonds is 10. The lowest BCUT2D eigenvalue weighted by Crippen LogP contribution is -2.38. The monoisotopic (exact) mass is 578 g/mol. The Bertz CT molecular complexity index is 1390. The van der Waals surface area contributed by atoms with Gasteiger partial charge >= 0.3 is 6.18 Å². The number of hydrogen-bond donors (Lipinski definition) is 1. The average Bonchev–Trinajstić information content (AvgIpc) is 2.91. The van der Waals surface area contributed by atoms with Crippen molar-refractivity contribution in [3.8, 4) is 22.6 Å². The van der Waals surface area contributed by atoms with Gasteiger partial charge in [0.15, 0.2) is 0 Å². The summed E-state index contributed by atoms with van der Waals surface area (Å²) in [5.41, 5.74) is 2.09. The van der Waals surface area contributed by atoms with E-state index in [4.69, 9.17) is 9.47 Å². The number of piperidine rings is 1.